The average Bonchev–Trinajstić information content (AvgIpc) is 3.59. The van der Waals surface area contributed by atoms with Crippen molar-refractivity contribution in [2.45, 2.75) is 70.9 Å². The van der Waals surface area contributed by atoms with Gasteiger partial charge in [-0.15, -0.1) is 0 Å². The van der Waals surface area contributed by atoms with Gasteiger partial charge >= 0.3 is 6.09 Å². The summed E-state index contributed by atoms with van der Waals surface area (Å²) in [6.45, 7) is 8.27. The molecule has 0 N–H and O–H groups in total. The number of ether oxygens (including phenoxy) is 3. The van der Waals surface area contributed by atoms with Crippen molar-refractivity contribution in [3.63, 3.8) is 0 Å². The lowest BCUT2D eigenvalue weighted by Gasteiger charge is -2.35. The van der Waals surface area contributed by atoms with Crippen LogP contribution in [0.5, 0.6) is 0 Å². The topological polar surface area (TPSA) is 86.1 Å². The summed E-state index contributed by atoms with van der Waals surface area (Å²) in [6.07, 6.45) is 1.70. The van der Waals surface area contributed by atoms with Gasteiger partial charge in [0.25, 0.3) is 5.91 Å². The number of rotatable bonds is 8. The number of para-hydroxylation sites is 1. The van der Waals surface area contributed by atoms with Crippen LogP contribution in [0.4, 0.5) is 4.79 Å². The number of nitrogens with zero attached hydrogens (tertiary/aromatic N) is 4. The van der Waals surface area contributed by atoms with E-state index in [0.29, 0.717) is 26.3 Å². The Morgan fingerprint density at radius 3 is 2.71 bits per heavy atom. The Morgan fingerprint density at radius 1 is 1.24 bits per heavy atom. The number of fused-ring (bicyclic) bond motifs is 1. The van der Waals surface area contributed by atoms with E-state index in [-0.39, 0.29) is 18.5 Å². The molecule has 0 bridgehead atoms. The summed E-state index contributed by atoms with van der Waals surface area (Å²) in [6, 6.07) is 8.31. The quantitative estimate of drug-likeness (QED) is 0.549. The van der Waals surface area contributed by atoms with Crippen LogP contribution in [-0.2, 0) is 32.1 Å². The van der Waals surface area contributed by atoms with Crippen LogP contribution in [0.3, 0.4) is 0 Å². The third kappa shape index (κ3) is 5.88. The maximum atomic E-state index is 13.6. The number of morpholine rings is 1. The highest BCUT2D eigenvalue weighted by atomic mass is 16.6. The zero-order valence-electron chi connectivity index (χ0n) is 20.7. The fraction of sp³-hybridized carbons (Fsp3) is 0.640. The van der Waals surface area contributed by atoms with E-state index < -0.39 is 17.8 Å². The molecule has 1 aliphatic carbocycles. The molecule has 9 nitrogen and oxygen atoms in total. The third-order valence-corrected chi connectivity index (χ3v) is 6.04. The minimum absolute atomic E-state index is 0.0891. The van der Waals surface area contributed by atoms with Crippen LogP contribution >= 0.6 is 0 Å². The molecule has 0 radical (unpaired) electrons. The van der Waals surface area contributed by atoms with Gasteiger partial charge in [0.2, 0.25) is 0 Å². The number of benzene rings is 1. The lowest BCUT2D eigenvalue weighted by Crippen LogP contribution is -2.53. The fourth-order valence-corrected chi connectivity index (χ4v) is 4.25. The predicted octanol–water partition coefficient (Wildman–Crippen LogP) is 3.20. The molecule has 4 rings (SSSR count). The fourth-order valence-electron chi connectivity index (χ4n) is 4.25. The van der Waals surface area contributed by atoms with Gasteiger partial charge in [-0.3, -0.25) is 9.48 Å². The van der Waals surface area contributed by atoms with E-state index in [4.69, 9.17) is 19.3 Å². The highest BCUT2D eigenvalue weighted by molar-refractivity contribution is 5.85. The second kappa shape index (κ2) is 10.3. The van der Waals surface area contributed by atoms with Crippen molar-refractivity contribution in [3.8, 4) is 0 Å². The van der Waals surface area contributed by atoms with Gasteiger partial charge in [-0.05, 0) is 46.1 Å². The summed E-state index contributed by atoms with van der Waals surface area (Å²) < 4.78 is 18.5. The maximum Gasteiger partial charge on any atom is 0.410 e. The molecule has 34 heavy (non-hydrogen) atoms. The van der Waals surface area contributed by atoms with Crippen molar-refractivity contribution < 1.29 is 23.8 Å². The van der Waals surface area contributed by atoms with Gasteiger partial charge in [0.1, 0.15) is 5.60 Å². The number of hydrogen-bond donors (Lipinski definition) is 0. The van der Waals surface area contributed by atoms with Crippen LogP contribution in [0.25, 0.3) is 10.9 Å². The number of amides is 2. The molecule has 0 spiro atoms. The van der Waals surface area contributed by atoms with Crippen molar-refractivity contribution >= 4 is 22.9 Å². The molecule has 1 aromatic heterocycles. The summed E-state index contributed by atoms with van der Waals surface area (Å²) in [4.78, 5) is 29.6. The Morgan fingerprint density at radius 2 is 2.00 bits per heavy atom. The van der Waals surface area contributed by atoms with E-state index in [2.05, 4.69) is 12.1 Å². The minimum Gasteiger partial charge on any atom is -0.444 e. The third-order valence-electron chi connectivity index (χ3n) is 6.04. The SMILES string of the molecule is COCCCn1nc(CN(C(=O)[C@H]2CN(C(=O)OC(C)(C)C)CCO2)C2CC2)c2ccccc21. The van der Waals surface area contributed by atoms with Gasteiger partial charge in [-0.1, -0.05) is 18.2 Å². The van der Waals surface area contributed by atoms with Crippen molar-refractivity contribution in [3.05, 3.63) is 30.0 Å². The van der Waals surface area contributed by atoms with E-state index in [0.717, 1.165) is 42.4 Å². The van der Waals surface area contributed by atoms with Crippen molar-refractivity contribution in [1.29, 1.82) is 0 Å². The number of methoxy groups -OCH3 is 1. The Labute approximate surface area is 200 Å². The monoisotopic (exact) mass is 472 g/mol. The second-order valence-corrected chi connectivity index (χ2v) is 10.0. The van der Waals surface area contributed by atoms with E-state index in [1.165, 1.54) is 0 Å². The molecule has 9 heteroatoms. The second-order valence-electron chi connectivity index (χ2n) is 10.0. The Kier molecular flexibility index (Phi) is 7.42. The van der Waals surface area contributed by atoms with E-state index in [1.54, 1.807) is 12.0 Å². The van der Waals surface area contributed by atoms with Crippen LogP contribution in [0.2, 0.25) is 0 Å². The molecule has 186 valence electrons. The molecule has 2 aliphatic rings. The van der Waals surface area contributed by atoms with Gasteiger partial charge in [0.15, 0.2) is 6.10 Å². The number of carbonyl (C=O) groups is 2. The average molecular weight is 473 g/mol. The first-order chi connectivity index (χ1) is 16.3. The molecule has 2 amide bonds. The molecular formula is C25H36N4O5. The van der Waals surface area contributed by atoms with Crippen LogP contribution in [-0.4, -0.2) is 82.7 Å². The zero-order valence-corrected chi connectivity index (χ0v) is 20.7. The molecule has 1 saturated carbocycles. The van der Waals surface area contributed by atoms with E-state index in [9.17, 15) is 9.59 Å². The standard InChI is InChI=1S/C25H36N4O5/c1-25(2,3)34-24(31)27-13-15-33-22(17-27)23(30)28(18-10-11-18)16-20-19-8-5-6-9-21(19)29(26-20)12-7-14-32-4/h5-6,8-9,18,22H,7,10-17H2,1-4H3/t22-/m1/s1. The molecule has 2 heterocycles. The summed E-state index contributed by atoms with van der Waals surface area (Å²) in [5.41, 5.74) is 1.35. The first-order valence-corrected chi connectivity index (χ1v) is 12.1. The first-order valence-electron chi connectivity index (χ1n) is 12.1. The summed E-state index contributed by atoms with van der Waals surface area (Å²) in [5.74, 6) is -0.0891. The molecule has 0 unspecified atom stereocenters. The van der Waals surface area contributed by atoms with Crippen molar-refractivity contribution in [2.75, 3.05) is 33.4 Å². The minimum atomic E-state index is -0.697. The maximum absolute atomic E-state index is 13.6. The van der Waals surface area contributed by atoms with Crippen molar-refractivity contribution in [2.24, 2.45) is 0 Å². The smallest absolute Gasteiger partial charge is 0.410 e. The van der Waals surface area contributed by atoms with E-state index in [1.807, 2.05) is 42.5 Å². The normalized spacial score (nSPS) is 18.8. The number of carbonyl (C=O) groups excluding carboxylic acids is 2. The summed E-state index contributed by atoms with van der Waals surface area (Å²) in [7, 11) is 1.70. The van der Waals surface area contributed by atoms with Crippen LogP contribution in [0.15, 0.2) is 24.3 Å². The predicted molar refractivity (Wildman–Crippen MR) is 127 cm³/mol. The van der Waals surface area contributed by atoms with Crippen LogP contribution in [0, 0.1) is 0 Å². The van der Waals surface area contributed by atoms with E-state index >= 15 is 0 Å². The highest BCUT2D eigenvalue weighted by Gasteiger charge is 2.40. The van der Waals surface area contributed by atoms with Crippen molar-refractivity contribution in [1.82, 2.24) is 19.6 Å². The zero-order chi connectivity index (χ0) is 24.3. The van der Waals surface area contributed by atoms with Gasteiger partial charge in [-0.2, -0.15) is 5.10 Å². The van der Waals surface area contributed by atoms with Crippen LogP contribution in [0.1, 0.15) is 45.7 Å². The number of hydrogen-bond acceptors (Lipinski definition) is 6. The van der Waals surface area contributed by atoms with Gasteiger partial charge in [0, 0.05) is 38.2 Å². The van der Waals surface area contributed by atoms with Gasteiger partial charge < -0.3 is 24.0 Å². The molecular weight excluding hydrogens is 436 g/mol. The molecule has 1 saturated heterocycles. The summed E-state index contributed by atoms with van der Waals surface area (Å²) >= 11 is 0. The number of aryl methyl sites for hydroxylation is 1. The molecule has 1 atom stereocenters. The molecule has 1 aromatic carbocycles. The Balaban J connectivity index is 1.49. The van der Waals surface area contributed by atoms with Gasteiger partial charge in [-0.25, -0.2) is 4.79 Å². The largest absolute Gasteiger partial charge is 0.444 e. The first kappa shape index (κ1) is 24.5. The lowest BCUT2D eigenvalue weighted by molar-refractivity contribution is -0.150. The summed E-state index contributed by atoms with van der Waals surface area (Å²) in [5, 5.41) is 5.92. The molecule has 2 aromatic rings. The molecule has 1 aliphatic heterocycles. The Hall–Kier alpha value is -2.65. The Bertz CT molecular complexity index is 1010. The van der Waals surface area contributed by atoms with Gasteiger partial charge in [0.05, 0.1) is 30.9 Å². The lowest BCUT2D eigenvalue weighted by atomic mass is 10.1. The highest BCUT2D eigenvalue weighted by Crippen LogP contribution is 2.31. The molecule has 2 fully saturated rings. The number of aromatic nitrogens is 2. The van der Waals surface area contributed by atoms with Crippen LogP contribution < -0.4 is 0 Å².